The normalized spacial score (nSPS) is 15.4. The second-order valence-electron chi connectivity index (χ2n) is 4.68. The van der Waals surface area contributed by atoms with Crippen LogP contribution in [0.5, 0.6) is 5.75 Å². The van der Waals surface area contributed by atoms with Gasteiger partial charge < -0.3 is 10.1 Å². The molecule has 18 heavy (non-hydrogen) atoms. The van der Waals surface area contributed by atoms with Gasteiger partial charge in [-0.15, -0.1) is 0 Å². The summed E-state index contributed by atoms with van der Waals surface area (Å²) in [5.41, 5.74) is 3.18. The summed E-state index contributed by atoms with van der Waals surface area (Å²) in [5.74, 6) is 1.52. The maximum atomic E-state index is 5.79. The highest BCUT2D eigenvalue weighted by atomic mass is 16.5. The summed E-state index contributed by atoms with van der Waals surface area (Å²) < 4.78 is 5.79. The van der Waals surface area contributed by atoms with Gasteiger partial charge in [0.1, 0.15) is 5.75 Å². The van der Waals surface area contributed by atoms with Crippen molar-refractivity contribution >= 4 is 0 Å². The number of ether oxygens (including phenoxy) is 1. The van der Waals surface area contributed by atoms with E-state index in [0.717, 1.165) is 42.3 Å². The predicted octanol–water partition coefficient (Wildman–Crippen LogP) is 1.78. The van der Waals surface area contributed by atoms with Crippen LogP contribution in [0.1, 0.15) is 5.69 Å². The Labute approximate surface area is 106 Å². The molecule has 0 amide bonds. The molecule has 4 heteroatoms. The van der Waals surface area contributed by atoms with E-state index in [9.17, 15) is 0 Å². The Morgan fingerprint density at radius 3 is 3.00 bits per heavy atom. The Morgan fingerprint density at radius 2 is 2.33 bits per heavy atom. The van der Waals surface area contributed by atoms with Crippen LogP contribution in [0.25, 0.3) is 11.1 Å². The van der Waals surface area contributed by atoms with Gasteiger partial charge >= 0.3 is 0 Å². The highest BCUT2D eigenvalue weighted by molar-refractivity contribution is 5.66. The zero-order chi connectivity index (χ0) is 12.4. The third kappa shape index (κ3) is 2.24. The van der Waals surface area contributed by atoms with E-state index >= 15 is 0 Å². The fraction of sp³-hybridized carbons (Fsp3) is 0.357. The van der Waals surface area contributed by atoms with Crippen LogP contribution >= 0.6 is 0 Å². The molecule has 4 nitrogen and oxygen atoms in total. The third-order valence-electron chi connectivity index (χ3n) is 3.26. The molecule has 1 aliphatic rings. The zero-order valence-electron chi connectivity index (χ0n) is 10.4. The van der Waals surface area contributed by atoms with Crippen LogP contribution in [0.15, 0.2) is 24.4 Å². The van der Waals surface area contributed by atoms with Gasteiger partial charge in [-0.25, -0.2) is 0 Å². The molecule has 0 aliphatic carbocycles. The van der Waals surface area contributed by atoms with Crippen LogP contribution in [-0.4, -0.2) is 29.9 Å². The minimum atomic E-state index is 0.643. The molecule has 1 aliphatic heterocycles. The maximum Gasteiger partial charge on any atom is 0.120 e. The molecule has 3 rings (SSSR count). The Kier molecular flexibility index (Phi) is 3.02. The lowest BCUT2D eigenvalue weighted by Gasteiger charge is -2.26. The first-order chi connectivity index (χ1) is 8.83. The Balaban J connectivity index is 1.74. The lowest BCUT2D eigenvalue weighted by atomic mass is 10.1. The van der Waals surface area contributed by atoms with Gasteiger partial charge in [0, 0.05) is 30.8 Å². The Bertz CT molecular complexity index is 531. The van der Waals surface area contributed by atoms with Crippen molar-refractivity contribution < 1.29 is 4.74 Å². The van der Waals surface area contributed by atoms with Crippen molar-refractivity contribution in [3.63, 3.8) is 0 Å². The van der Waals surface area contributed by atoms with Gasteiger partial charge in [-0.3, -0.25) is 5.10 Å². The summed E-state index contributed by atoms with van der Waals surface area (Å²) in [4.78, 5) is 0. The van der Waals surface area contributed by atoms with Crippen molar-refractivity contribution in [3.8, 4) is 16.9 Å². The number of benzene rings is 1. The number of hydrogen-bond acceptors (Lipinski definition) is 3. The van der Waals surface area contributed by atoms with Crippen LogP contribution < -0.4 is 10.1 Å². The Morgan fingerprint density at radius 1 is 1.44 bits per heavy atom. The summed E-state index contributed by atoms with van der Waals surface area (Å²) in [6.07, 6.45) is 1.90. The zero-order valence-corrected chi connectivity index (χ0v) is 10.4. The van der Waals surface area contributed by atoms with E-state index < -0.39 is 0 Å². The summed E-state index contributed by atoms with van der Waals surface area (Å²) in [5, 5.41) is 10.2. The van der Waals surface area contributed by atoms with Gasteiger partial charge in [0.05, 0.1) is 12.3 Å². The third-order valence-corrected chi connectivity index (χ3v) is 3.26. The molecule has 1 saturated heterocycles. The molecule has 0 spiro atoms. The first-order valence-corrected chi connectivity index (χ1v) is 6.18. The SMILES string of the molecule is Cc1n[nH]cc1-c1c[c]cc(OCC2CNC2)c1. The highest BCUT2D eigenvalue weighted by Crippen LogP contribution is 2.25. The van der Waals surface area contributed by atoms with E-state index in [1.807, 2.05) is 31.3 Å². The number of aromatic amines is 1. The molecule has 2 N–H and O–H groups in total. The average molecular weight is 242 g/mol. The second kappa shape index (κ2) is 4.82. The van der Waals surface area contributed by atoms with Gasteiger partial charge in [0.2, 0.25) is 0 Å². The van der Waals surface area contributed by atoms with Crippen molar-refractivity contribution in [1.82, 2.24) is 15.5 Å². The number of aromatic nitrogens is 2. The molecule has 0 atom stereocenters. The minimum Gasteiger partial charge on any atom is -0.493 e. The first kappa shape index (κ1) is 11.3. The van der Waals surface area contributed by atoms with Crippen LogP contribution in [0.2, 0.25) is 0 Å². The molecule has 1 aromatic carbocycles. The fourth-order valence-corrected chi connectivity index (χ4v) is 2.02. The van der Waals surface area contributed by atoms with Crippen molar-refractivity contribution in [2.75, 3.05) is 19.7 Å². The van der Waals surface area contributed by atoms with E-state index in [1.165, 1.54) is 0 Å². The van der Waals surface area contributed by atoms with Gasteiger partial charge in [0.25, 0.3) is 0 Å². The first-order valence-electron chi connectivity index (χ1n) is 6.18. The van der Waals surface area contributed by atoms with Gasteiger partial charge in [0.15, 0.2) is 0 Å². The maximum absolute atomic E-state index is 5.79. The number of nitrogens with zero attached hydrogens (tertiary/aromatic N) is 1. The minimum absolute atomic E-state index is 0.643. The Hall–Kier alpha value is -1.81. The number of nitrogens with one attached hydrogen (secondary N) is 2. The standard InChI is InChI=1S/C14H16N3O/c1-10-14(8-16-17-10)12-3-2-4-13(5-12)18-9-11-6-15-7-11/h3-5,8,11,15H,6-7,9H2,1H3,(H,16,17). The van der Waals surface area contributed by atoms with E-state index in [1.54, 1.807) is 0 Å². The summed E-state index contributed by atoms with van der Waals surface area (Å²) >= 11 is 0. The van der Waals surface area contributed by atoms with Gasteiger partial charge in [-0.1, -0.05) is 0 Å². The van der Waals surface area contributed by atoms with E-state index in [4.69, 9.17) is 4.74 Å². The number of aryl methyl sites for hydroxylation is 1. The van der Waals surface area contributed by atoms with Crippen LogP contribution in [0.3, 0.4) is 0 Å². The molecule has 0 saturated carbocycles. The lowest BCUT2D eigenvalue weighted by Crippen LogP contribution is -2.45. The van der Waals surface area contributed by atoms with Crippen molar-refractivity contribution in [2.24, 2.45) is 5.92 Å². The molecular formula is C14H16N3O. The molecular weight excluding hydrogens is 226 g/mol. The van der Waals surface area contributed by atoms with E-state index in [2.05, 4.69) is 21.6 Å². The molecule has 0 unspecified atom stereocenters. The van der Waals surface area contributed by atoms with Gasteiger partial charge in [-0.2, -0.15) is 5.10 Å². The summed E-state index contributed by atoms with van der Waals surface area (Å²) in [7, 11) is 0. The molecule has 1 radical (unpaired) electrons. The van der Waals surface area contributed by atoms with E-state index in [0.29, 0.717) is 5.92 Å². The molecule has 1 aromatic heterocycles. The van der Waals surface area contributed by atoms with Crippen molar-refractivity contribution in [1.29, 1.82) is 0 Å². The quantitative estimate of drug-likeness (QED) is 0.859. The average Bonchev–Trinajstić information content (AvgIpc) is 2.74. The van der Waals surface area contributed by atoms with Crippen LogP contribution in [-0.2, 0) is 0 Å². The van der Waals surface area contributed by atoms with Crippen molar-refractivity contribution in [2.45, 2.75) is 6.92 Å². The largest absolute Gasteiger partial charge is 0.493 e. The molecule has 1 fully saturated rings. The smallest absolute Gasteiger partial charge is 0.120 e. The molecule has 0 bridgehead atoms. The van der Waals surface area contributed by atoms with E-state index in [-0.39, 0.29) is 0 Å². The fourth-order valence-electron chi connectivity index (χ4n) is 2.02. The topological polar surface area (TPSA) is 49.9 Å². The van der Waals surface area contributed by atoms with Gasteiger partial charge in [-0.05, 0) is 36.8 Å². The molecule has 2 aromatic rings. The number of hydrogen-bond donors (Lipinski definition) is 2. The molecule has 2 heterocycles. The summed E-state index contributed by atoms with van der Waals surface area (Å²) in [6.45, 7) is 4.88. The lowest BCUT2D eigenvalue weighted by molar-refractivity contribution is 0.199. The highest BCUT2D eigenvalue weighted by Gasteiger charge is 2.17. The van der Waals surface area contributed by atoms with Crippen LogP contribution in [0.4, 0.5) is 0 Å². The molecule has 93 valence electrons. The predicted molar refractivity (Wildman–Crippen MR) is 69.5 cm³/mol. The van der Waals surface area contributed by atoms with Crippen molar-refractivity contribution in [3.05, 3.63) is 36.2 Å². The van der Waals surface area contributed by atoms with Crippen LogP contribution in [0, 0.1) is 18.9 Å². The summed E-state index contributed by atoms with van der Waals surface area (Å²) in [6, 6.07) is 9.00. The second-order valence-corrected chi connectivity index (χ2v) is 4.68. The number of rotatable bonds is 4. The number of H-pyrrole nitrogens is 1. The monoisotopic (exact) mass is 242 g/mol.